The van der Waals surface area contributed by atoms with Crippen LogP contribution in [0.3, 0.4) is 0 Å². The van der Waals surface area contributed by atoms with E-state index in [-0.39, 0.29) is 5.91 Å². The smallest absolute Gasteiger partial charge is 0.219 e. The van der Waals surface area contributed by atoms with Crippen LogP contribution >= 0.6 is 0 Å². The number of hydrogen-bond acceptors (Lipinski definition) is 3. The third-order valence-electron chi connectivity index (χ3n) is 3.49. The first kappa shape index (κ1) is 14.5. The Morgan fingerprint density at radius 3 is 2.59 bits per heavy atom. The van der Waals surface area contributed by atoms with Crippen LogP contribution in [-0.2, 0) is 4.79 Å². The normalized spacial score (nSPS) is 20.9. The monoisotopic (exact) mass is 241 g/mol. The summed E-state index contributed by atoms with van der Waals surface area (Å²) in [5.41, 5.74) is 0. The van der Waals surface area contributed by atoms with Crippen LogP contribution < -0.4 is 10.6 Å². The molecule has 0 bridgehead atoms. The summed E-state index contributed by atoms with van der Waals surface area (Å²) in [7, 11) is 0. The fraction of sp³-hybridized carbons (Fsp3) is 0.923. The maximum atomic E-state index is 11.2. The van der Waals surface area contributed by atoms with Gasteiger partial charge in [0.15, 0.2) is 0 Å². The van der Waals surface area contributed by atoms with Crippen molar-refractivity contribution in [2.75, 3.05) is 32.7 Å². The summed E-state index contributed by atoms with van der Waals surface area (Å²) in [4.78, 5) is 13.7. The molecule has 1 amide bonds. The number of hydrogen-bond donors (Lipinski definition) is 2. The zero-order valence-electron chi connectivity index (χ0n) is 11.5. The maximum absolute atomic E-state index is 11.2. The van der Waals surface area contributed by atoms with Crippen LogP contribution in [0.25, 0.3) is 0 Å². The number of amides is 1. The first-order chi connectivity index (χ1) is 8.13. The highest BCUT2D eigenvalue weighted by Gasteiger charge is 2.18. The number of nitrogens with zero attached hydrogens (tertiary/aromatic N) is 1. The molecule has 1 rings (SSSR count). The van der Waals surface area contributed by atoms with Crippen molar-refractivity contribution >= 4 is 5.91 Å². The van der Waals surface area contributed by atoms with E-state index in [2.05, 4.69) is 29.4 Å². The van der Waals surface area contributed by atoms with Gasteiger partial charge in [0.1, 0.15) is 0 Å². The minimum absolute atomic E-state index is 0.159. The molecule has 1 fully saturated rings. The number of carbonyl (C=O) groups is 1. The predicted molar refractivity (Wildman–Crippen MR) is 71.0 cm³/mol. The third-order valence-corrected chi connectivity index (χ3v) is 3.49. The summed E-state index contributed by atoms with van der Waals surface area (Å²) in [6.07, 6.45) is 1.74. The SMILES string of the molecule is CCC(=O)NCC(C)CC(C)N1CCNCC1. The largest absolute Gasteiger partial charge is 0.356 e. The van der Waals surface area contributed by atoms with E-state index in [9.17, 15) is 4.79 Å². The molecule has 0 aliphatic carbocycles. The van der Waals surface area contributed by atoms with Crippen LogP contribution in [0.1, 0.15) is 33.6 Å². The van der Waals surface area contributed by atoms with Gasteiger partial charge in [-0.3, -0.25) is 9.69 Å². The maximum Gasteiger partial charge on any atom is 0.219 e. The van der Waals surface area contributed by atoms with E-state index in [1.54, 1.807) is 0 Å². The zero-order valence-corrected chi connectivity index (χ0v) is 11.5. The molecule has 0 saturated carbocycles. The standard InChI is InChI=1S/C13H27N3O/c1-4-13(17)15-10-11(2)9-12(3)16-7-5-14-6-8-16/h11-12,14H,4-10H2,1-3H3,(H,15,17). The van der Waals surface area contributed by atoms with E-state index in [4.69, 9.17) is 0 Å². The van der Waals surface area contributed by atoms with Crippen molar-refractivity contribution in [2.45, 2.75) is 39.7 Å². The molecule has 4 nitrogen and oxygen atoms in total. The van der Waals surface area contributed by atoms with Gasteiger partial charge in [-0.15, -0.1) is 0 Å². The molecule has 0 aromatic rings. The Kier molecular flexibility index (Phi) is 6.52. The molecule has 17 heavy (non-hydrogen) atoms. The number of rotatable bonds is 6. The van der Waals surface area contributed by atoms with E-state index in [1.807, 2.05) is 6.92 Å². The highest BCUT2D eigenvalue weighted by molar-refractivity contribution is 5.75. The zero-order chi connectivity index (χ0) is 12.7. The van der Waals surface area contributed by atoms with Gasteiger partial charge in [0.2, 0.25) is 5.91 Å². The molecule has 0 spiro atoms. The number of carbonyl (C=O) groups excluding carboxylic acids is 1. The second-order valence-corrected chi connectivity index (χ2v) is 5.13. The van der Waals surface area contributed by atoms with Crippen LogP contribution in [0, 0.1) is 5.92 Å². The second kappa shape index (κ2) is 7.67. The van der Waals surface area contributed by atoms with Gasteiger partial charge >= 0.3 is 0 Å². The molecule has 2 N–H and O–H groups in total. The fourth-order valence-corrected chi connectivity index (χ4v) is 2.35. The molecule has 0 radical (unpaired) electrons. The van der Waals surface area contributed by atoms with E-state index < -0.39 is 0 Å². The van der Waals surface area contributed by atoms with Gasteiger partial charge in [0, 0.05) is 45.2 Å². The lowest BCUT2D eigenvalue weighted by Gasteiger charge is -2.34. The Hall–Kier alpha value is -0.610. The van der Waals surface area contributed by atoms with E-state index in [0.717, 1.165) is 39.1 Å². The molecule has 2 atom stereocenters. The van der Waals surface area contributed by atoms with Crippen molar-refractivity contribution in [1.82, 2.24) is 15.5 Å². The minimum Gasteiger partial charge on any atom is -0.356 e. The molecule has 100 valence electrons. The average Bonchev–Trinajstić information content (AvgIpc) is 2.36. The van der Waals surface area contributed by atoms with Gasteiger partial charge < -0.3 is 10.6 Å². The van der Waals surface area contributed by atoms with E-state index in [0.29, 0.717) is 18.4 Å². The van der Waals surface area contributed by atoms with Crippen LogP contribution in [0.5, 0.6) is 0 Å². The highest BCUT2D eigenvalue weighted by atomic mass is 16.1. The highest BCUT2D eigenvalue weighted by Crippen LogP contribution is 2.11. The molecule has 0 aromatic carbocycles. The molecular formula is C13H27N3O. The molecule has 1 aliphatic heterocycles. The van der Waals surface area contributed by atoms with Gasteiger partial charge in [0.05, 0.1) is 0 Å². The van der Waals surface area contributed by atoms with Gasteiger partial charge in [-0.25, -0.2) is 0 Å². The molecule has 0 aromatic heterocycles. The molecule has 1 aliphatic rings. The van der Waals surface area contributed by atoms with Crippen LogP contribution in [0.4, 0.5) is 0 Å². The van der Waals surface area contributed by atoms with Crippen LogP contribution in [0.15, 0.2) is 0 Å². The quantitative estimate of drug-likeness (QED) is 0.724. The fourth-order valence-electron chi connectivity index (χ4n) is 2.35. The molecule has 4 heteroatoms. The topological polar surface area (TPSA) is 44.4 Å². The first-order valence-corrected chi connectivity index (χ1v) is 6.85. The molecule has 1 heterocycles. The van der Waals surface area contributed by atoms with Crippen molar-refractivity contribution in [3.8, 4) is 0 Å². The molecule has 2 unspecified atom stereocenters. The Bertz CT molecular complexity index is 227. The minimum atomic E-state index is 0.159. The molecule has 1 saturated heterocycles. The average molecular weight is 241 g/mol. The van der Waals surface area contributed by atoms with E-state index >= 15 is 0 Å². The van der Waals surface area contributed by atoms with Crippen molar-refractivity contribution < 1.29 is 4.79 Å². The van der Waals surface area contributed by atoms with Crippen molar-refractivity contribution in [3.05, 3.63) is 0 Å². The Balaban J connectivity index is 2.19. The Morgan fingerprint density at radius 2 is 2.00 bits per heavy atom. The lowest BCUT2D eigenvalue weighted by molar-refractivity contribution is -0.120. The van der Waals surface area contributed by atoms with Crippen LogP contribution in [-0.4, -0.2) is 49.6 Å². The number of nitrogens with one attached hydrogen (secondary N) is 2. The summed E-state index contributed by atoms with van der Waals surface area (Å²) in [5, 5.41) is 6.34. The second-order valence-electron chi connectivity index (χ2n) is 5.13. The Labute approximate surface area is 105 Å². The van der Waals surface area contributed by atoms with Gasteiger partial charge in [-0.1, -0.05) is 13.8 Å². The predicted octanol–water partition coefficient (Wildman–Crippen LogP) is 0.833. The lowest BCUT2D eigenvalue weighted by atomic mass is 10.0. The Morgan fingerprint density at radius 1 is 1.35 bits per heavy atom. The van der Waals surface area contributed by atoms with Crippen molar-refractivity contribution in [3.63, 3.8) is 0 Å². The van der Waals surface area contributed by atoms with E-state index in [1.165, 1.54) is 0 Å². The molecular weight excluding hydrogens is 214 g/mol. The lowest BCUT2D eigenvalue weighted by Crippen LogP contribution is -2.48. The van der Waals surface area contributed by atoms with Gasteiger partial charge in [-0.05, 0) is 19.3 Å². The van der Waals surface area contributed by atoms with Gasteiger partial charge in [0.25, 0.3) is 0 Å². The number of piperazine rings is 1. The summed E-state index contributed by atoms with van der Waals surface area (Å²) < 4.78 is 0. The third kappa shape index (κ3) is 5.50. The summed E-state index contributed by atoms with van der Waals surface area (Å²) in [6.45, 7) is 11.7. The van der Waals surface area contributed by atoms with Gasteiger partial charge in [-0.2, -0.15) is 0 Å². The summed E-state index contributed by atoms with van der Waals surface area (Å²) in [5.74, 6) is 0.710. The first-order valence-electron chi connectivity index (χ1n) is 6.85. The van der Waals surface area contributed by atoms with Crippen LogP contribution in [0.2, 0.25) is 0 Å². The van der Waals surface area contributed by atoms with Crippen molar-refractivity contribution in [2.24, 2.45) is 5.92 Å². The summed E-state index contributed by atoms with van der Waals surface area (Å²) in [6, 6.07) is 0.616. The summed E-state index contributed by atoms with van der Waals surface area (Å²) >= 11 is 0. The van der Waals surface area contributed by atoms with Crippen molar-refractivity contribution in [1.29, 1.82) is 0 Å².